The molecule has 0 aliphatic carbocycles. The van der Waals surface area contributed by atoms with Crippen LogP contribution in [0.1, 0.15) is 21.8 Å². The molecule has 0 spiro atoms. The van der Waals surface area contributed by atoms with Gasteiger partial charge in [0.05, 0.1) is 7.11 Å². The molecule has 4 nitrogen and oxygen atoms in total. The molecule has 1 saturated heterocycles. The summed E-state index contributed by atoms with van der Waals surface area (Å²) in [6, 6.07) is 5.87. The van der Waals surface area contributed by atoms with Crippen molar-refractivity contribution >= 4 is 5.91 Å². The Labute approximate surface area is 107 Å². The number of fused-ring (bicyclic) bond motifs is 3. The summed E-state index contributed by atoms with van der Waals surface area (Å²) in [6.07, 6.45) is 0. The number of nitrogens with zero attached hydrogens (tertiary/aromatic N) is 1. The van der Waals surface area contributed by atoms with Gasteiger partial charge in [-0.1, -0.05) is 6.07 Å². The zero-order valence-corrected chi connectivity index (χ0v) is 10.8. The number of rotatable bonds is 1. The highest BCUT2D eigenvalue weighted by Gasteiger charge is 2.36. The molecule has 2 aliphatic heterocycles. The van der Waals surface area contributed by atoms with Crippen LogP contribution >= 0.6 is 0 Å². The Bertz CT molecular complexity index is 487. The molecule has 1 N–H and O–H groups in total. The molecule has 1 aromatic carbocycles. The molecule has 3 rings (SSSR count). The SMILES string of the molecule is COc1ccc2c(c1)C(=O)N(C)C[C@@H]1CNC[C@@H]21. The lowest BCUT2D eigenvalue weighted by Gasteiger charge is -2.19. The number of carbonyl (C=O) groups is 1. The summed E-state index contributed by atoms with van der Waals surface area (Å²) in [5.74, 6) is 1.83. The molecule has 0 bridgehead atoms. The minimum atomic E-state index is 0.110. The Morgan fingerprint density at radius 3 is 3.00 bits per heavy atom. The average Bonchev–Trinajstić information content (AvgIpc) is 2.81. The Morgan fingerprint density at radius 1 is 1.39 bits per heavy atom. The summed E-state index contributed by atoms with van der Waals surface area (Å²) in [7, 11) is 3.51. The summed E-state index contributed by atoms with van der Waals surface area (Å²) < 4.78 is 5.23. The lowest BCUT2D eigenvalue weighted by Crippen LogP contribution is -2.31. The van der Waals surface area contributed by atoms with Gasteiger partial charge in [-0.25, -0.2) is 0 Å². The fourth-order valence-electron chi connectivity index (χ4n) is 3.10. The first-order valence-electron chi connectivity index (χ1n) is 6.35. The minimum absolute atomic E-state index is 0.110. The van der Waals surface area contributed by atoms with Gasteiger partial charge in [0.1, 0.15) is 5.75 Å². The molecule has 0 saturated carbocycles. The smallest absolute Gasteiger partial charge is 0.254 e. The van der Waals surface area contributed by atoms with Crippen LogP contribution < -0.4 is 10.1 Å². The van der Waals surface area contributed by atoms with E-state index < -0.39 is 0 Å². The Kier molecular flexibility index (Phi) is 2.74. The molecule has 18 heavy (non-hydrogen) atoms. The van der Waals surface area contributed by atoms with Crippen molar-refractivity contribution in [3.05, 3.63) is 29.3 Å². The molecular formula is C14H18N2O2. The topological polar surface area (TPSA) is 41.6 Å². The number of hydrogen-bond acceptors (Lipinski definition) is 3. The van der Waals surface area contributed by atoms with Crippen LogP contribution in [0.15, 0.2) is 18.2 Å². The lowest BCUT2D eigenvalue weighted by molar-refractivity contribution is 0.0784. The summed E-state index contributed by atoms with van der Waals surface area (Å²) in [5, 5.41) is 3.43. The van der Waals surface area contributed by atoms with E-state index in [2.05, 4.69) is 11.4 Å². The highest BCUT2D eigenvalue weighted by molar-refractivity contribution is 5.96. The van der Waals surface area contributed by atoms with E-state index in [4.69, 9.17) is 4.74 Å². The lowest BCUT2D eigenvalue weighted by atomic mass is 9.87. The fourth-order valence-corrected chi connectivity index (χ4v) is 3.10. The molecule has 96 valence electrons. The van der Waals surface area contributed by atoms with Gasteiger partial charge in [-0.3, -0.25) is 4.79 Å². The molecule has 0 radical (unpaired) electrons. The first kappa shape index (κ1) is 11.5. The van der Waals surface area contributed by atoms with Gasteiger partial charge in [0.15, 0.2) is 0 Å². The maximum atomic E-state index is 12.4. The Balaban J connectivity index is 2.12. The van der Waals surface area contributed by atoms with Gasteiger partial charge in [0.25, 0.3) is 5.91 Å². The van der Waals surface area contributed by atoms with Crippen molar-refractivity contribution in [2.75, 3.05) is 33.8 Å². The third-order valence-electron chi connectivity index (χ3n) is 4.09. The second-order valence-corrected chi connectivity index (χ2v) is 5.16. The molecule has 1 aromatic rings. The van der Waals surface area contributed by atoms with Crippen molar-refractivity contribution in [1.29, 1.82) is 0 Å². The van der Waals surface area contributed by atoms with E-state index in [1.165, 1.54) is 5.56 Å². The second kappa shape index (κ2) is 4.28. The van der Waals surface area contributed by atoms with E-state index in [-0.39, 0.29) is 5.91 Å². The van der Waals surface area contributed by atoms with Gasteiger partial charge >= 0.3 is 0 Å². The van der Waals surface area contributed by atoms with Crippen LogP contribution in [0.3, 0.4) is 0 Å². The molecule has 0 aromatic heterocycles. The maximum absolute atomic E-state index is 12.4. The summed E-state index contributed by atoms with van der Waals surface area (Å²) >= 11 is 0. The van der Waals surface area contributed by atoms with Crippen molar-refractivity contribution in [2.24, 2.45) is 5.92 Å². The largest absolute Gasteiger partial charge is 0.497 e. The van der Waals surface area contributed by atoms with Gasteiger partial charge in [-0.05, 0) is 23.6 Å². The molecular weight excluding hydrogens is 228 g/mol. The van der Waals surface area contributed by atoms with E-state index in [0.29, 0.717) is 11.8 Å². The monoisotopic (exact) mass is 246 g/mol. The molecule has 4 heteroatoms. The van der Waals surface area contributed by atoms with Crippen molar-refractivity contribution in [3.8, 4) is 5.75 Å². The van der Waals surface area contributed by atoms with Crippen LogP contribution in [-0.2, 0) is 0 Å². The number of nitrogens with one attached hydrogen (secondary N) is 1. The number of methoxy groups -OCH3 is 1. The summed E-state index contributed by atoms with van der Waals surface area (Å²) in [5.41, 5.74) is 1.97. The van der Waals surface area contributed by atoms with Crippen molar-refractivity contribution in [1.82, 2.24) is 10.2 Å². The van der Waals surface area contributed by atoms with Crippen LogP contribution in [0, 0.1) is 5.92 Å². The number of benzene rings is 1. The van der Waals surface area contributed by atoms with Gasteiger partial charge in [0.2, 0.25) is 0 Å². The van der Waals surface area contributed by atoms with E-state index >= 15 is 0 Å². The zero-order valence-electron chi connectivity index (χ0n) is 10.8. The summed E-state index contributed by atoms with van der Waals surface area (Å²) in [6.45, 7) is 2.78. The van der Waals surface area contributed by atoms with Gasteiger partial charge in [-0.2, -0.15) is 0 Å². The first-order valence-corrected chi connectivity index (χ1v) is 6.35. The van der Waals surface area contributed by atoms with Gasteiger partial charge in [-0.15, -0.1) is 0 Å². The average molecular weight is 246 g/mol. The standard InChI is InChI=1S/C14H18N2O2/c1-16-8-9-6-15-7-13(9)11-4-3-10(18-2)5-12(11)14(16)17/h3-5,9,13,15H,6-8H2,1-2H3/t9-,13+/m0/s1. The van der Waals surface area contributed by atoms with E-state index in [9.17, 15) is 4.79 Å². The zero-order chi connectivity index (χ0) is 12.7. The third-order valence-corrected chi connectivity index (χ3v) is 4.09. The highest BCUT2D eigenvalue weighted by Crippen LogP contribution is 2.35. The predicted octanol–water partition coefficient (Wildman–Crippen LogP) is 1.08. The Hall–Kier alpha value is -1.55. The molecule has 2 heterocycles. The third kappa shape index (κ3) is 1.68. The van der Waals surface area contributed by atoms with E-state index in [0.717, 1.165) is 30.9 Å². The van der Waals surface area contributed by atoms with Crippen molar-refractivity contribution in [2.45, 2.75) is 5.92 Å². The van der Waals surface area contributed by atoms with E-state index in [1.807, 2.05) is 24.1 Å². The van der Waals surface area contributed by atoms with Crippen LogP contribution in [0.2, 0.25) is 0 Å². The number of carbonyl (C=O) groups excluding carboxylic acids is 1. The summed E-state index contributed by atoms with van der Waals surface area (Å²) in [4.78, 5) is 14.2. The van der Waals surface area contributed by atoms with Crippen molar-refractivity contribution < 1.29 is 9.53 Å². The van der Waals surface area contributed by atoms with Crippen LogP contribution in [0.5, 0.6) is 5.75 Å². The predicted molar refractivity (Wildman–Crippen MR) is 69.1 cm³/mol. The quantitative estimate of drug-likeness (QED) is 0.806. The van der Waals surface area contributed by atoms with Crippen molar-refractivity contribution in [3.63, 3.8) is 0 Å². The minimum Gasteiger partial charge on any atom is -0.497 e. The number of amides is 1. The maximum Gasteiger partial charge on any atom is 0.254 e. The number of hydrogen-bond donors (Lipinski definition) is 1. The molecule has 1 amide bonds. The number of ether oxygens (including phenoxy) is 1. The Morgan fingerprint density at radius 2 is 2.22 bits per heavy atom. The normalized spacial score (nSPS) is 26.6. The molecule has 0 unspecified atom stereocenters. The van der Waals surface area contributed by atoms with Crippen LogP contribution in [0.25, 0.3) is 0 Å². The van der Waals surface area contributed by atoms with Gasteiger partial charge in [0, 0.05) is 38.2 Å². The molecule has 1 fully saturated rings. The van der Waals surface area contributed by atoms with Gasteiger partial charge < -0.3 is 15.0 Å². The van der Waals surface area contributed by atoms with Crippen LogP contribution in [0.4, 0.5) is 0 Å². The fraction of sp³-hybridized carbons (Fsp3) is 0.500. The second-order valence-electron chi connectivity index (χ2n) is 5.16. The van der Waals surface area contributed by atoms with E-state index in [1.54, 1.807) is 7.11 Å². The first-order chi connectivity index (χ1) is 8.70. The molecule has 2 atom stereocenters. The highest BCUT2D eigenvalue weighted by atomic mass is 16.5. The van der Waals surface area contributed by atoms with Crippen LogP contribution in [-0.4, -0.2) is 44.6 Å². The molecule has 2 aliphatic rings.